The number of carbonyl (C=O) groups excluding carboxylic acids is 1. The first-order chi connectivity index (χ1) is 12.4. The fourth-order valence-corrected chi connectivity index (χ4v) is 2.43. The van der Waals surface area contributed by atoms with E-state index < -0.39 is 24.3 Å². The summed E-state index contributed by atoms with van der Waals surface area (Å²) in [6, 6.07) is 12.3. The number of rotatable bonds is 5. The number of anilines is 1. The third-order valence-electron chi connectivity index (χ3n) is 3.65. The SMILES string of the molecule is Cc1ccc2nc(C(=O)O)cc(OCC(=O)Nc3ccccc3F)c2c1. The van der Waals surface area contributed by atoms with Gasteiger partial charge in [-0.15, -0.1) is 0 Å². The van der Waals surface area contributed by atoms with Gasteiger partial charge in [-0.1, -0.05) is 23.8 Å². The van der Waals surface area contributed by atoms with Crippen LogP contribution in [0.15, 0.2) is 48.5 Å². The van der Waals surface area contributed by atoms with Gasteiger partial charge in [-0.25, -0.2) is 14.2 Å². The lowest BCUT2D eigenvalue weighted by Crippen LogP contribution is -2.21. The quantitative estimate of drug-likeness (QED) is 0.733. The number of fused-ring (bicyclic) bond motifs is 1. The first-order valence-corrected chi connectivity index (χ1v) is 7.76. The summed E-state index contributed by atoms with van der Waals surface area (Å²) in [5.41, 5.74) is 1.23. The standard InChI is InChI=1S/C19H15FN2O4/c1-11-6-7-14-12(8-11)17(9-16(21-14)19(24)25)26-10-18(23)22-15-5-3-2-4-13(15)20/h2-9H,10H2,1H3,(H,22,23)(H,24,25). The normalized spacial score (nSPS) is 10.5. The number of hydrogen-bond acceptors (Lipinski definition) is 4. The highest BCUT2D eigenvalue weighted by molar-refractivity contribution is 5.95. The molecule has 0 saturated carbocycles. The molecule has 1 heterocycles. The minimum atomic E-state index is -1.20. The van der Waals surface area contributed by atoms with Crippen LogP contribution in [-0.4, -0.2) is 28.6 Å². The van der Waals surface area contributed by atoms with Crippen LogP contribution in [0.2, 0.25) is 0 Å². The Labute approximate surface area is 148 Å². The van der Waals surface area contributed by atoms with E-state index >= 15 is 0 Å². The molecule has 1 amide bonds. The fraction of sp³-hybridized carbons (Fsp3) is 0.105. The smallest absolute Gasteiger partial charge is 0.354 e. The van der Waals surface area contributed by atoms with E-state index in [0.717, 1.165) is 5.56 Å². The van der Waals surface area contributed by atoms with Crippen molar-refractivity contribution in [3.05, 3.63) is 65.6 Å². The van der Waals surface area contributed by atoms with Crippen molar-refractivity contribution >= 4 is 28.5 Å². The molecule has 0 saturated heterocycles. The highest BCUT2D eigenvalue weighted by Crippen LogP contribution is 2.27. The van der Waals surface area contributed by atoms with E-state index in [9.17, 15) is 19.1 Å². The Kier molecular flexibility index (Phi) is 4.79. The monoisotopic (exact) mass is 354 g/mol. The molecule has 1 aromatic heterocycles. The predicted molar refractivity (Wildman–Crippen MR) is 94.0 cm³/mol. The second-order valence-corrected chi connectivity index (χ2v) is 5.65. The first kappa shape index (κ1) is 17.3. The summed E-state index contributed by atoms with van der Waals surface area (Å²) in [5, 5.41) is 12.2. The molecule has 6 nitrogen and oxygen atoms in total. The van der Waals surface area contributed by atoms with Crippen molar-refractivity contribution in [3.8, 4) is 5.75 Å². The molecule has 0 aliphatic heterocycles. The van der Waals surface area contributed by atoms with Crippen LogP contribution in [-0.2, 0) is 4.79 Å². The average Bonchev–Trinajstić information content (AvgIpc) is 2.61. The summed E-state index contributed by atoms with van der Waals surface area (Å²) in [5.74, 6) is -2.10. The zero-order valence-corrected chi connectivity index (χ0v) is 13.8. The molecule has 0 unspecified atom stereocenters. The van der Waals surface area contributed by atoms with Gasteiger partial charge in [0, 0.05) is 11.5 Å². The van der Waals surface area contributed by atoms with Gasteiger partial charge in [-0.3, -0.25) is 4.79 Å². The van der Waals surface area contributed by atoms with Gasteiger partial charge in [0.1, 0.15) is 11.6 Å². The van der Waals surface area contributed by atoms with Gasteiger partial charge in [0.25, 0.3) is 5.91 Å². The summed E-state index contributed by atoms with van der Waals surface area (Å²) >= 11 is 0. The summed E-state index contributed by atoms with van der Waals surface area (Å²) in [7, 11) is 0. The lowest BCUT2D eigenvalue weighted by atomic mass is 10.1. The Bertz CT molecular complexity index is 1000. The van der Waals surface area contributed by atoms with Gasteiger partial charge in [0.2, 0.25) is 0 Å². The van der Waals surface area contributed by atoms with Crippen LogP contribution in [0.25, 0.3) is 10.9 Å². The van der Waals surface area contributed by atoms with E-state index in [1.807, 2.05) is 6.92 Å². The molecule has 2 aromatic carbocycles. The molecule has 2 N–H and O–H groups in total. The van der Waals surface area contributed by atoms with Crippen LogP contribution in [0.1, 0.15) is 16.1 Å². The highest BCUT2D eigenvalue weighted by atomic mass is 19.1. The Morgan fingerprint density at radius 2 is 1.96 bits per heavy atom. The Morgan fingerprint density at radius 3 is 2.69 bits per heavy atom. The maximum Gasteiger partial charge on any atom is 0.354 e. The number of carbonyl (C=O) groups is 2. The molecule has 0 aliphatic carbocycles. The number of halogens is 1. The zero-order chi connectivity index (χ0) is 18.7. The molecular formula is C19H15FN2O4. The van der Waals surface area contributed by atoms with E-state index in [0.29, 0.717) is 10.9 Å². The number of carboxylic acid groups (broad SMARTS) is 1. The van der Waals surface area contributed by atoms with E-state index in [-0.39, 0.29) is 17.1 Å². The molecule has 7 heteroatoms. The first-order valence-electron chi connectivity index (χ1n) is 7.76. The fourth-order valence-electron chi connectivity index (χ4n) is 2.43. The molecule has 26 heavy (non-hydrogen) atoms. The molecule has 0 radical (unpaired) electrons. The van der Waals surface area contributed by atoms with Crippen LogP contribution in [0.4, 0.5) is 10.1 Å². The largest absolute Gasteiger partial charge is 0.483 e. The molecule has 132 valence electrons. The van der Waals surface area contributed by atoms with E-state index in [1.54, 1.807) is 24.3 Å². The van der Waals surface area contributed by atoms with Crippen molar-refractivity contribution < 1.29 is 23.8 Å². The molecule has 0 spiro atoms. The number of aromatic nitrogens is 1. The number of hydrogen-bond donors (Lipinski definition) is 2. The number of aromatic carboxylic acids is 1. The van der Waals surface area contributed by atoms with Crippen molar-refractivity contribution in [1.82, 2.24) is 4.98 Å². The van der Waals surface area contributed by atoms with Gasteiger partial charge in [-0.05, 0) is 31.2 Å². The number of amides is 1. The van der Waals surface area contributed by atoms with Crippen LogP contribution in [0.3, 0.4) is 0 Å². The molecule has 0 bridgehead atoms. The van der Waals surface area contributed by atoms with Gasteiger partial charge in [-0.2, -0.15) is 0 Å². The van der Waals surface area contributed by atoms with Crippen LogP contribution in [0.5, 0.6) is 5.75 Å². The molecular weight excluding hydrogens is 339 g/mol. The van der Waals surface area contributed by atoms with Gasteiger partial charge < -0.3 is 15.2 Å². The third kappa shape index (κ3) is 3.77. The predicted octanol–water partition coefficient (Wildman–Crippen LogP) is 3.40. The number of carboxylic acids is 1. The number of ether oxygens (including phenoxy) is 1. The van der Waals surface area contributed by atoms with Crippen LogP contribution >= 0.6 is 0 Å². The van der Waals surface area contributed by atoms with Gasteiger partial charge in [0.15, 0.2) is 12.3 Å². The van der Waals surface area contributed by atoms with E-state index in [4.69, 9.17) is 4.74 Å². The van der Waals surface area contributed by atoms with Gasteiger partial charge in [0.05, 0.1) is 11.2 Å². The maximum atomic E-state index is 13.6. The second kappa shape index (κ2) is 7.18. The minimum Gasteiger partial charge on any atom is -0.483 e. The molecule has 3 rings (SSSR count). The van der Waals surface area contributed by atoms with Crippen LogP contribution < -0.4 is 10.1 Å². The topological polar surface area (TPSA) is 88.5 Å². The summed E-state index contributed by atoms with van der Waals surface area (Å²) in [4.78, 5) is 27.3. The maximum absolute atomic E-state index is 13.6. The van der Waals surface area contributed by atoms with Crippen molar-refractivity contribution in [2.45, 2.75) is 6.92 Å². The van der Waals surface area contributed by atoms with Crippen molar-refractivity contribution in [2.24, 2.45) is 0 Å². The molecule has 0 fully saturated rings. The lowest BCUT2D eigenvalue weighted by molar-refractivity contribution is -0.118. The Hall–Kier alpha value is -3.48. The van der Waals surface area contributed by atoms with E-state index in [2.05, 4.69) is 10.3 Å². The Balaban J connectivity index is 1.83. The summed E-state index contributed by atoms with van der Waals surface area (Å²) < 4.78 is 19.1. The number of benzene rings is 2. The number of para-hydroxylation sites is 1. The molecule has 0 atom stereocenters. The summed E-state index contributed by atoms with van der Waals surface area (Å²) in [6.45, 7) is 1.47. The Morgan fingerprint density at radius 1 is 1.19 bits per heavy atom. The molecule has 3 aromatic rings. The number of nitrogens with zero attached hydrogens (tertiary/aromatic N) is 1. The van der Waals surface area contributed by atoms with E-state index in [1.165, 1.54) is 24.3 Å². The minimum absolute atomic E-state index is 0.0442. The average molecular weight is 354 g/mol. The zero-order valence-electron chi connectivity index (χ0n) is 13.8. The summed E-state index contributed by atoms with van der Waals surface area (Å²) in [6.07, 6.45) is 0. The van der Waals surface area contributed by atoms with Crippen molar-refractivity contribution in [3.63, 3.8) is 0 Å². The number of pyridine rings is 1. The van der Waals surface area contributed by atoms with Crippen molar-refractivity contribution in [2.75, 3.05) is 11.9 Å². The second-order valence-electron chi connectivity index (χ2n) is 5.65. The highest BCUT2D eigenvalue weighted by Gasteiger charge is 2.14. The number of aryl methyl sites for hydroxylation is 1. The van der Waals surface area contributed by atoms with Gasteiger partial charge >= 0.3 is 5.97 Å². The van der Waals surface area contributed by atoms with Crippen molar-refractivity contribution in [1.29, 1.82) is 0 Å². The third-order valence-corrected chi connectivity index (χ3v) is 3.65. The van der Waals surface area contributed by atoms with Crippen LogP contribution in [0, 0.1) is 12.7 Å². The lowest BCUT2D eigenvalue weighted by Gasteiger charge is -2.11. The molecule has 0 aliphatic rings. The number of nitrogens with one attached hydrogen (secondary N) is 1.